The van der Waals surface area contributed by atoms with E-state index in [2.05, 4.69) is 6.58 Å². The number of carbonyl (C=O) groups is 1. The van der Waals surface area contributed by atoms with E-state index in [0.29, 0.717) is 0 Å². The van der Waals surface area contributed by atoms with Crippen LogP contribution < -0.4 is 5.32 Å². The van der Waals surface area contributed by atoms with Crippen molar-refractivity contribution >= 4 is 6.03 Å². The molecule has 1 heterocycles. The van der Waals surface area contributed by atoms with Gasteiger partial charge in [0.25, 0.3) is 0 Å². The van der Waals surface area contributed by atoms with E-state index in [1.807, 2.05) is 0 Å². The molecule has 1 unspecified atom stereocenters. The van der Waals surface area contributed by atoms with Gasteiger partial charge in [-0.25, -0.2) is 10.1 Å². The third-order valence-electron chi connectivity index (χ3n) is 1.33. The van der Waals surface area contributed by atoms with Gasteiger partial charge in [0.05, 0.1) is 0 Å². The molecule has 6 nitrogen and oxygen atoms in total. The number of amides is 2. The maximum absolute atomic E-state index is 10.7. The van der Waals surface area contributed by atoms with Gasteiger partial charge in [-0.15, -0.1) is 0 Å². The highest BCUT2D eigenvalue weighted by Crippen LogP contribution is 2.20. The van der Waals surface area contributed by atoms with Crippen LogP contribution in [0.25, 0.3) is 0 Å². The average Bonchev–Trinajstić information content (AvgIpc) is 2.16. The second kappa shape index (κ2) is 1.97. The van der Waals surface area contributed by atoms with Gasteiger partial charge in [0.15, 0.2) is 0 Å². The van der Waals surface area contributed by atoms with Gasteiger partial charge in [0.1, 0.15) is 6.20 Å². The van der Waals surface area contributed by atoms with Crippen LogP contribution in [0, 0.1) is 0 Å². The summed E-state index contributed by atoms with van der Waals surface area (Å²) in [6, 6.07) is -0.977. The molecular formula is C5H7N2O4+. The van der Waals surface area contributed by atoms with E-state index in [1.54, 1.807) is 5.32 Å². The zero-order chi connectivity index (χ0) is 8.65. The molecular weight excluding hydrogens is 152 g/mol. The Morgan fingerprint density at radius 3 is 2.27 bits per heavy atom. The van der Waals surface area contributed by atoms with Crippen LogP contribution in [0.4, 0.5) is 4.79 Å². The van der Waals surface area contributed by atoms with Crippen molar-refractivity contribution < 1.29 is 24.9 Å². The lowest BCUT2D eigenvalue weighted by atomic mass is 10.7. The van der Waals surface area contributed by atoms with Gasteiger partial charge in [-0.3, -0.25) is 0 Å². The zero-order valence-electron chi connectivity index (χ0n) is 5.48. The first-order chi connectivity index (χ1) is 5.02. The quantitative estimate of drug-likeness (QED) is 0.327. The predicted molar refractivity (Wildman–Crippen MR) is 33.1 cm³/mol. The molecule has 1 rings (SSSR count). The highest BCUT2D eigenvalue weighted by Gasteiger charge is 2.49. The van der Waals surface area contributed by atoms with Crippen molar-refractivity contribution in [1.82, 2.24) is 5.32 Å². The summed E-state index contributed by atoms with van der Waals surface area (Å²) in [5, 5.41) is 28.5. The molecule has 0 bridgehead atoms. The van der Waals surface area contributed by atoms with Crippen LogP contribution >= 0.6 is 0 Å². The van der Waals surface area contributed by atoms with Crippen LogP contribution in [-0.4, -0.2) is 26.1 Å². The second-order valence-electron chi connectivity index (χ2n) is 1.97. The number of aliphatic hydroxyl groups is 2. The predicted octanol–water partition coefficient (Wildman–Crippen LogP) is 0.302. The maximum Gasteiger partial charge on any atom is 0.469 e. The van der Waals surface area contributed by atoms with Crippen molar-refractivity contribution in [3.63, 3.8) is 0 Å². The van der Waals surface area contributed by atoms with Crippen LogP contribution in [0.3, 0.4) is 0 Å². The Hall–Kier alpha value is -1.53. The highest BCUT2D eigenvalue weighted by molar-refractivity contribution is 5.72. The Balaban J connectivity index is 3.15. The Bertz CT molecular complexity index is 259. The Morgan fingerprint density at radius 2 is 2.09 bits per heavy atom. The lowest BCUT2D eigenvalue weighted by molar-refractivity contribution is -0.972. The first-order valence-corrected chi connectivity index (χ1v) is 2.71. The van der Waals surface area contributed by atoms with E-state index in [9.17, 15) is 4.79 Å². The smallest absolute Gasteiger partial charge is 0.469 e. The Labute approximate surface area is 61.8 Å². The van der Waals surface area contributed by atoms with Crippen molar-refractivity contribution in [3.05, 3.63) is 24.5 Å². The molecule has 0 aromatic heterocycles. The van der Waals surface area contributed by atoms with Crippen molar-refractivity contribution in [2.45, 2.75) is 0 Å². The summed E-state index contributed by atoms with van der Waals surface area (Å²) in [6.07, 6.45) is 0.772. The van der Waals surface area contributed by atoms with Crippen molar-refractivity contribution in [1.29, 1.82) is 0 Å². The molecule has 0 saturated heterocycles. The number of nitrogens with one attached hydrogen (secondary N) is 1. The summed E-state index contributed by atoms with van der Waals surface area (Å²) in [5.74, 6) is -1.65. The fourth-order valence-electron chi connectivity index (χ4n) is 0.669. The molecule has 0 aromatic rings. The number of hydrogen-bond acceptors (Lipinski definition) is 4. The van der Waals surface area contributed by atoms with Crippen LogP contribution in [0.15, 0.2) is 24.5 Å². The topological polar surface area (TPSA) is 89.8 Å². The number of carbonyl (C=O) groups excluding carboxylic acids is 1. The minimum absolute atomic E-state index is 0.766. The van der Waals surface area contributed by atoms with Gasteiger partial charge in [-0.1, -0.05) is 0 Å². The number of nitrogens with zero attached hydrogens (tertiary/aromatic N) is 1. The number of rotatable bonds is 1. The largest absolute Gasteiger partial charge is 0.488 e. The molecule has 0 fully saturated rings. The van der Waals surface area contributed by atoms with Gasteiger partial charge < -0.3 is 10.2 Å². The molecule has 6 heteroatoms. The first-order valence-electron chi connectivity index (χ1n) is 2.71. The molecule has 2 amide bonds. The molecule has 0 aromatic carbocycles. The third kappa shape index (κ3) is 0.769. The number of urea groups is 1. The van der Waals surface area contributed by atoms with E-state index in [1.165, 1.54) is 0 Å². The van der Waals surface area contributed by atoms with Crippen molar-refractivity contribution in [2.75, 3.05) is 0 Å². The van der Waals surface area contributed by atoms with Crippen LogP contribution in [0.5, 0.6) is 0 Å². The Kier molecular flexibility index (Phi) is 1.36. The van der Waals surface area contributed by atoms with Crippen molar-refractivity contribution in [3.8, 4) is 0 Å². The number of hydroxylamine groups is 3. The average molecular weight is 159 g/mol. The fourth-order valence-corrected chi connectivity index (χ4v) is 0.669. The van der Waals surface area contributed by atoms with Crippen LogP contribution in [0.1, 0.15) is 0 Å². The van der Waals surface area contributed by atoms with Gasteiger partial charge in [0.2, 0.25) is 0 Å². The molecule has 1 atom stereocenters. The van der Waals surface area contributed by atoms with Gasteiger partial charge in [-0.05, 0) is 11.2 Å². The molecule has 60 valence electrons. The summed E-state index contributed by atoms with van der Waals surface area (Å²) in [7, 11) is 0. The molecule has 0 aliphatic carbocycles. The minimum Gasteiger partial charge on any atom is -0.488 e. The summed E-state index contributed by atoms with van der Waals surface area (Å²) in [4.78, 5) is 10.7. The minimum atomic E-state index is -1.52. The lowest BCUT2D eigenvalue weighted by Crippen LogP contribution is -2.42. The zero-order valence-corrected chi connectivity index (χ0v) is 5.48. The van der Waals surface area contributed by atoms with Gasteiger partial charge in [0, 0.05) is 0 Å². The highest BCUT2D eigenvalue weighted by atomic mass is 16.6. The number of hydrogen-bond donors (Lipinski definition) is 4. The lowest BCUT2D eigenvalue weighted by Gasteiger charge is -2.11. The summed E-state index contributed by atoms with van der Waals surface area (Å²) in [5.41, 5.74) is 0. The van der Waals surface area contributed by atoms with Gasteiger partial charge in [-0.2, -0.15) is 5.21 Å². The number of aliphatic hydroxyl groups excluding tert-OH is 2. The number of quaternary nitrogens is 1. The molecule has 0 radical (unpaired) electrons. The molecule has 0 spiro atoms. The molecule has 4 N–H and O–H groups in total. The van der Waals surface area contributed by atoms with Crippen LogP contribution in [0.2, 0.25) is 0 Å². The monoisotopic (exact) mass is 159 g/mol. The summed E-state index contributed by atoms with van der Waals surface area (Å²) < 4.78 is -1.52. The van der Waals surface area contributed by atoms with E-state index in [-0.39, 0.29) is 0 Å². The molecule has 1 aliphatic heterocycles. The summed E-state index contributed by atoms with van der Waals surface area (Å²) in [6.45, 7) is 3.11. The molecule has 11 heavy (non-hydrogen) atoms. The maximum atomic E-state index is 10.7. The van der Waals surface area contributed by atoms with Crippen LogP contribution in [-0.2, 0) is 0 Å². The SMILES string of the molecule is C=C[N+]1(O)C(=O)NC(O)=C1O. The second-order valence-corrected chi connectivity index (χ2v) is 1.97. The normalized spacial score (nSPS) is 30.5. The molecule has 1 aliphatic rings. The first kappa shape index (κ1) is 7.58. The Morgan fingerprint density at radius 1 is 1.55 bits per heavy atom. The van der Waals surface area contributed by atoms with Crippen molar-refractivity contribution in [2.24, 2.45) is 0 Å². The third-order valence-corrected chi connectivity index (χ3v) is 1.33. The van der Waals surface area contributed by atoms with E-state index in [0.717, 1.165) is 6.20 Å². The van der Waals surface area contributed by atoms with E-state index >= 15 is 0 Å². The molecule has 0 saturated carbocycles. The summed E-state index contributed by atoms with van der Waals surface area (Å²) >= 11 is 0. The standard InChI is InChI=1S/C5H6N2O4/c1-2-7(11)4(9)3(8)6-5(7)10/h2,11H,1H2,(H2-,6,8,9,10)/p+1. The van der Waals surface area contributed by atoms with E-state index in [4.69, 9.17) is 15.4 Å². The fraction of sp³-hybridized carbons (Fsp3) is 0. The van der Waals surface area contributed by atoms with E-state index < -0.39 is 22.4 Å². The van der Waals surface area contributed by atoms with Gasteiger partial charge >= 0.3 is 17.8 Å².